The SMILES string of the molecule is CN(C)c1ccc(Cl)cc1NC(=O)NC(C)(CO)C1CC1. The lowest BCUT2D eigenvalue weighted by Gasteiger charge is -2.29. The third-order valence-corrected chi connectivity index (χ3v) is 4.13. The summed E-state index contributed by atoms with van der Waals surface area (Å²) in [6, 6.07) is 5.01. The summed E-state index contributed by atoms with van der Waals surface area (Å²) >= 11 is 6.00. The van der Waals surface area contributed by atoms with E-state index >= 15 is 0 Å². The van der Waals surface area contributed by atoms with Gasteiger partial charge in [-0.05, 0) is 43.9 Å². The van der Waals surface area contributed by atoms with Crippen LogP contribution in [0.2, 0.25) is 5.02 Å². The van der Waals surface area contributed by atoms with Crippen LogP contribution < -0.4 is 15.5 Å². The third-order valence-electron chi connectivity index (χ3n) is 3.89. The predicted octanol–water partition coefficient (Wildman–Crippen LogP) is 2.69. The Morgan fingerprint density at radius 3 is 2.67 bits per heavy atom. The molecule has 0 heterocycles. The summed E-state index contributed by atoms with van der Waals surface area (Å²) in [5, 5.41) is 15.8. The summed E-state index contributed by atoms with van der Waals surface area (Å²) in [5.41, 5.74) is 0.939. The summed E-state index contributed by atoms with van der Waals surface area (Å²) in [6.07, 6.45) is 2.08. The zero-order valence-corrected chi connectivity index (χ0v) is 13.4. The molecule has 1 saturated carbocycles. The van der Waals surface area contributed by atoms with Gasteiger partial charge in [0.2, 0.25) is 0 Å². The minimum Gasteiger partial charge on any atom is -0.394 e. The van der Waals surface area contributed by atoms with Gasteiger partial charge in [-0.1, -0.05) is 11.6 Å². The van der Waals surface area contributed by atoms with E-state index in [0.29, 0.717) is 16.6 Å². The summed E-state index contributed by atoms with van der Waals surface area (Å²) in [6.45, 7) is 1.80. The van der Waals surface area contributed by atoms with Crippen LogP contribution in [0.25, 0.3) is 0 Å². The maximum Gasteiger partial charge on any atom is 0.319 e. The molecule has 21 heavy (non-hydrogen) atoms. The standard InChI is InChI=1S/C15H22ClN3O2/c1-15(9-20,10-4-5-10)18-14(21)17-12-8-11(16)6-7-13(12)19(2)3/h6-8,10,20H,4-5,9H2,1-3H3,(H2,17,18,21). The van der Waals surface area contributed by atoms with Gasteiger partial charge in [0.25, 0.3) is 0 Å². The minimum atomic E-state index is -0.569. The predicted molar refractivity (Wildman–Crippen MR) is 86.1 cm³/mol. The molecule has 1 aliphatic carbocycles. The number of carbonyl (C=O) groups is 1. The number of urea groups is 1. The number of aliphatic hydroxyl groups is 1. The fraction of sp³-hybridized carbons (Fsp3) is 0.533. The van der Waals surface area contributed by atoms with Crippen molar-refractivity contribution in [3.63, 3.8) is 0 Å². The number of benzene rings is 1. The largest absolute Gasteiger partial charge is 0.394 e. The average molecular weight is 312 g/mol. The molecular formula is C15H22ClN3O2. The fourth-order valence-corrected chi connectivity index (χ4v) is 2.57. The van der Waals surface area contributed by atoms with Gasteiger partial charge >= 0.3 is 6.03 Å². The molecule has 0 radical (unpaired) electrons. The first-order valence-electron chi connectivity index (χ1n) is 7.02. The van der Waals surface area contributed by atoms with Crippen molar-refractivity contribution in [3.05, 3.63) is 23.2 Å². The van der Waals surface area contributed by atoms with Crippen molar-refractivity contribution in [1.82, 2.24) is 5.32 Å². The second kappa shape index (κ2) is 6.12. The fourth-order valence-electron chi connectivity index (χ4n) is 2.40. The highest BCUT2D eigenvalue weighted by Crippen LogP contribution is 2.39. The highest BCUT2D eigenvalue weighted by atomic mass is 35.5. The molecule has 0 aliphatic heterocycles. The zero-order valence-electron chi connectivity index (χ0n) is 12.6. The van der Waals surface area contributed by atoms with Crippen LogP contribution in [0.15, 0.2) is 18.2 Å². The van der Waals surface area contributed by atoms with E-state index in [4.69, 9.17) is 11.6 Å². The van der Waals surface area contributed by atoms with E-state index in [1.165, 1.54) is 0 Å². The van der Waals surface area contributed by atoms with Gasteiger partial charge < -0.3 is 20.6 Å². The number of halogens is 1. The first-order valence-corrected chi connectivity index (χ1v) is 7.40. The molecule has 1 unspecified atom stereocenters. The molecule has 1 atom stereocenters. The second-order valence-corrected chi connectivity index (χ2v) is 6.42. The molecule has 6 heteroatoms. The number of aliphatic hydroxyl groups excluding tert-OH is 1. The Labute approximate surface area is 130 Å². The van der Waals surface area contributed by atoms with E-state index in [-0.39, 0.29) is 12.6 Å². The normalized spacial score (nSPS) is 17.0. The maximum atomic E-state index is 12.2. The first kappa shape index (κ1) is 15.9. The Morgan fingerprint density at radius 1 is 1.48 bits per heavy atom. The number of hydrogen-bond acceptors (Lipinski definition) is 3. The Kier molecular flexibility index (Phi) is 4.64. The Bertz CT molecular complexity index is 532. The molecule has 5 nitrogen and oxygen atoms in total. The summed E-state index contributed by atoms with van der Waals surface area (Å²) < 4.78 is 0. The molecule has 1 aromatic rings. The van der Waals surface area contributed by atoms with Gasteiger partial charge in [0.1, 0.15) is 0 Å². The molecule has 0 aromatic heterocycles. The summed E-state index contributed by atoms with van der Waals surface area (Å²) in [4.78, 5) is 14.1. The number of carbonyl (C=O) groups excluding carboxylic acids is 1. The van der Waals surface area contributed by atoms with Crippen LogP contribution in [0.4, 0.5) is 16.2 Å². The lowest BCUT2D eigenvalue weighted by Crippen LogP contribution is -2.52. The molecular weight excluding hydrogens is 290 g/mol. The number of hydrogen-bond donors (Lipinski definition) is 3. The van der Waals surface area contributed by atoms with Crippen LogP contribution in [0.1, 0.15) is 19.8 Å². The molecule has 2 amide bonds. The first-order chi connectivity index (χ1) is 9.85. The van der Waals surface area contributed by atoms with E-state index in [1.807, 2.05) is 32.0 Å². The number of nitrogens with zero attached hydrogens (tertiary/aromatic N) is 1. The van der Waals surface area contributed by atoms with Crippen LogP contribution in [-0.2, 0) is 0 Å². The van der Waals surface area contributed by atoms with Crippen molar-refractivity contribution in [3.8, 4) is 0 Å². The lowest BCUT2D eigenvalue weighted by atomic mass is 9.97. The average Bonchev–Trinajstić information content (AvgIpc) is 3.22. The molecule has 2 rings (SSSR count). The molecule has 0 bridgehead atoms. The number of rotatable bonds is 5. The molecule has 1 aromatic carbocycles. The topological polar surface area (TPSA) is 64.6 Å². The van der Waals surface area contributed by atoms with Gasteiger partial charge in [-0.3, -0.25) is 0 Å². The zero-order chi connectivity index (χ0) is 15.6. The lowest BCUT2D eigenvalue weighted by molar-refractivity contribution is 0.159. The van der Waals surface area contributed by atoms with Crippen molar-refractivity contribution >= 4 is 29.0 Å². The van der Waals surface area contributed by atoms with Crippen LogP contribution >= 0.6 is 11.6 Å². The third kappa shape index (κ3) is 3.80. The quantitative estimate of drug-likeness (QED) is 0.783. The van der Waals surface area contributed by atoms with Crippen LogP contribution in [0.5, 0.6) is 0 Å². The van der Waals surface area contributed by atoms with E-state index in [2.05, 4.69) is 10.6 Å². The van der Waals surface area contributed by atoms with E-state index in [1.54, 1.807) is 12.1 Å². The van der Waals surface area contributed by atoms with E-state index in [9.17, 15) is 9.90 Å². The van der Waals surface area contributed by atoms with Gasteiger partial charge in [0.05, 0.1) is 23.5 Å². The van der Waals surface area contributed by atoms with E-state index in [0.717, 1.165) is 18.5 Å². The van der Waals surface area contributed by atoms with Crippen LogP contribution in [0.3, 0.4) is 0 Å². The molecule has 116 valence electrons. The number of nitrogens with one attached hydrogen (secondary N) is 2. The maximum absolute atomic E-state index is 12.2. The number of amides is 2. The molecule has 1 aliphatic rings. The van der Waals surface area contributed by atoms with Gasteiger partial charge in [0, 0.05) is 19.1 Å². The van der Waals surface area contributed by atoms with Crippen LogP contribution in [-0.4, -0.2) is 37.4 Å². The van der Waals surface area contributed by atoms with Gasteiger partial charge in [-0.15, -0.1) is 0 Å². The van der Waals surface area contributed by atoms with E-state index < -0.39 is 5.54 Å². The van der Waals surface area contributed by atoms with Crippen molar-refractivity contribution < 1.29 is 9.90 Å². The molecule has 1 fully saturated rings. The molecule has 0 saturated heterocycles. The monoisotopic (exact) mass is 311 g/mol. The number of anilines is 2. The smallest absolute Gasteiger partial charge is 0.319 e. The van der Waals surface area contributed by atoms with Gasteiger partial charge in [-0.25, -0.2) is 4.79 Å². The van der Waals surface area contributed by atoms with Crippen molar-refractivity contribution in [2.45, 2.75) is 25.3 Å². The van der Waals surface area contributed by atoms with Gasteiger partial charge in [-0.2, -0.15) is 0 Å². The second-order valence-electron chi connectivity index (χ2n) is 5.98. The highest BCUT2D eigenvalue weighted by Gasteiger charge is 2.42. The van der Waals surface area contributed by atoms with Gasteiger partial charge in [0.15, 0.2) is 0 Å². The van der Waals surface area contributed by atoms with Crippen LogP contribution in [0, 0.1) is 5.92 Å². The van der Waals surface area contributed by atoms with Crippen molar-refractivity contribution in [2.24, 2.45) is 5.92 Å². The molecule has 0 spiro atoms. The molecule has 3 N–H and O–H groups in total. The summed E-state index contributed by atoms with van der Waals surface area (Å²) in [7, 11) is 3.79. The minimum absolute atomic E-state index is 0.0683. The summed E-state index contributed by atoms with van der Waals surface area (Å²) in [5.74, 6) is 0.348. The Balaban J connectivity index is 2.10. The Hall–Kier alpha value is -1.46. The van der Waals surface area contributed by atoms with Crippen molar-refractivity contribution in [1.29, 1.82) is 0 Å². The Morgan fingerprint density at radius 2 is 2.14 bits per heavy atom. The highest BCUT2D eigenvalue weighted by molar-refractivity contribution is 6.31. The van der Waals surface area contributed by atoms with Crippen molar-refractivity contribution in [2.75, 3.05) is 30.9 Å².